The maximum Gasteiger partial charge on any atom is 0.332 e. The zero-order valence-electron chi connectivity index (χ0n) is 16.1. The number of hydrogen-bond donors (Lipinski definition) is 2. The molecule has 0 bridgehead atoms. The second kappa shape index (κ2) is 7.47. The van der Waals surface area contributed by atoms with Crippen LogP contribution >= 0.6 is 0 Å². The lowest BCUT2D eigenvalue weighted by Gasteiger charge is -2.41. The Morgan fingerprint density at radius 1 is 0.821 bits per heavy atom. The average Bonchev–Trinajstić information content (AvgIpc) is 2.70. The van der Waals surface area contributed by atoms with Crippen LogP contribution in [0.3, 0.4) is 0 Å². The molecule has 2 aromatic rings. The Balaban J connectivity index is 2.31. The summed E-state index contributed by atoms with van der Waals surface area (Å²) in [5.41, 5.74) is 0.248. The minimum atomic E-state index is -1.08. The topological polar surface area (TPSA) is 74.6 Å². The van der Waals surface area contributed by atoms with Gasteiger partial charge in [-0.25, -0.2) is 9.59 Å². The Bertz CT molecular complexity index is 907. The quantitative estimate of drug-likeness (QED) is 0.771. The molecule has 4 nitrogen and oxygen atoms in total. The van der Waals surface area contributed by atoms with Gasteiger partial charge in [-0.15, -0.1) is 0 Å². The second-order valence-corrected chi connectivity index (χ2v) is 7.48. The summed E-state index contributed by atoms with van der Waals surface area (Å²) in [5.74, 6) is -2.16. The van der Waals surface area contributed by atoms with Gasteiger partial charge in [-0.3, -0.25) is 0 Å². The molecule has 0 saturated heterocycles. The molecule has 0 aliphatic heterocycles. The third-order valence-corrected chi connectivity index (χ3v) is 5.81. The van der Waals surface area contributed by atoms with Crippen molar-refractivity contribution in [1.82, 2.24) is 0 Å². The molecule has 0 saturated carbocycles. The molecule has 2 N–H and O–H groups in total. The van der Waals surface area contributed by atoms with Crippen LogP contribution in [-0.2, 0) is 21.4 Å². The van der Waals surface area contributed by atoms with Crippen LogP contribution in [0.2, 0.25) is 0 Å². The highest BCUT2D eigenvalue weighted by Gasteiger charge is 2.46. The number of rotatable bonds is 6. The number of carboxylic acids is 2. The molecule has 28 heavy (non-hydrogen) atoms. The molecule has 3 rings (SSSR count). The molecule has 4 heteroatoms. The summed E-state index contributed by atoms with van der Waals surface area (Å²) in [7, 11) is 0. The molecule has 144 valence electrons. The van der Waals surface area contributed by atoms with Crippen molar-refractivity contribution in [2.45, 2.75) is 32.1 Å². The Hall–Kier alpha value is -3.14. The van der Waals surface area contributed by atoms with Crippen molar-refractivity contribution >= 4 is 11.9 Å². The van der Waals surface area contributed by atoms with Crippen LogP contribution in [0.15, 0.2) is 84.0 Å². The fourth-order valence-corrected chi connectivity index (χ4v) is 4.05. The van der Waals surface area contributed by atoms with Crippen LogP contribution in [0.5, 0.6) is 0 Å². The first-order valence-corrected chi connectivity index (χ1v) is 9.35. The van der Waals surface area contributed by atoms with Gasteiger partial charge in [-0.2, -0.15) is 0 Å². The van der Waals surface area contributed by atoms with Gasteiger partial charge < -0.3 is 10.2 Å². The zero-order valence-corrected chi connectivity index (χ0v) is 16.1. The lowest BCUT2D eigenvalue weighted by Crippen LogP contribution is -2.39. The minimum Gasteiger partial charge on any atom is -0.478 e. The molecule has 0 spiro atoms. The third kappa shape index (κ3) is 3.38. The lowest BCUT2D eigenvalue weighted by molar-refractivity contribution is -0.135. The van der Waals surface area contributed by atoms with Crippen molar-refractivity contribution in [1.29, 1.82) is 0 Å². The van der Waals surface area contributed by atoms with E-state index in [-0.39, 0.29) is 11.1 Å². The molecule has 0 unspecified atom stereocenters. The largest absolute Gasteiger partial charge is 0.478 e. The van der Waals surface area contributed by atoms with Gasteiger partial charge in [0.1, 0.15) is 0 Å². The fourth-order valence-electron chi connectivity index (χ4n) is 4.05. The van der Waals surface area contributed by atoms with Crippen LogP contribution < -0.4 is 0 Å². The minimum absolute atomic E-state index is 0.134. The smallest absolute Gasteiger partial charge is 0.332 e. The summed E-state index contributed by atoms with van der Waals surface area (Å²) >= 11 is 0. The van der Waals surface area contributed by atoms with E-state index < -0.39 is 22.8 Å². The number of carboxylic acid groups (broad SMARTS) is 2. The van der Waals surface area contributed by atoms with Gasteiger partial charge in [0, 0.05) is 22.0 Å². The molecule has 0 fully saturated rings. The summed E-state index contributed by atoms with van der Waals surface area (Å²) in [6.07, 6.45) is 4.38. The average molecular weight is 376 g/mol. The van der Waals surface area contributed by atoms with Gasteiger partial charge in [-0.05, 0) is 24.0 Å². The third-order valence-electron chi connectivity index (χ3n) is 5.81. The maximum atomic E-state index is 12.2. The van der Waals surface area contributed by atoms with Crippen molar-refractivity contribution in [3.8, 4) is 0 Å². The van der Waals surface area contributed by atoms with E-state index in [0.29, 0.717) is 12.8 Å². The van der Waals surface area contributed by atoms with Gasteiger partial charge >= 0.3 is 11.9 Å². The number of aliphatic carboxylic acids is 2. The first kappa shape index (κ1) is 19.6. The van der Waals surface area contributed by atoms with E-state index in [0.717, 1.165) is 11.1 Å². The van der Waals surface area contributed by atoms with Gasteiger partial charge in [0.05, 0.1) is 0 Å². The number of allylic oxidation sites excluding steroid dienone is 2. The van der Waals surface area contributed by atoms with Crippen LogP contribution in [0.1, 0.15) is 31.4 Å². The predicted molar refractivity (Wildman–Crippen MR) is 108 cm³/mol. The summed E-state index contributed by atoms with van der Waals surface area (Å²) in [5, 5.41) is 19.9. The Morgan fingerprint density at radius 2 is 1.29 bits per heavy atom. The molecule has 0 atom stereocenters. The van der Waals surface area contributed by atoms with E-state index in [9.17, 15) is 19.8 Å². The first-order valence-electron chi connectivity index (χ1n) is 9.35. The van der Waals surface area contributed by atoms with Crippen molar-refractivity contribution in [3.63, 3.8) is 0 Å². The van der Waals surface area contributed by atoms with Gasteiger partial charge in [0.25, 0.3) is 0 Å². The Kier molecular flexibility index (Phi) is 5.23. The fraction of sp³-hybridized carbons (Fsp3) is 0.250. The molecular weight excluding hydrogens is 352 g/mol. The second-order valence-electron chi connectivity index (χ2n) is 7.48. The number of carbonyl (C=O) groups is 2. The van der Waals surface area contributed by atoms with Crippen molar-refractivity contribution < 1.29 is 19.8 Å². The van der Waals surface area contributed by atoms with E-state index in [2.05, 4.69) is 0 Å². The normalized spacial score (nSPS) is 24.2. The highest BCUT2D eigenvalue weighted by atomic mass is 16.4. The first-order chi connectivity index (χ1) is 13.3. The van der Waals surface area contributed by atoms with Crippen molar-refractivity contribution in [3.05, 3.63) is 95.1 Å². The van der Waals surface area contributed by atoms with E-state index in [1.807, 2.05) is 67.6 Å². The SMILES string of the molecule is CCC1(C)C(C(=O)O)=CC(Cc2ccccc2)(c2ccccc2)C=C1C(=O)O. The van der Waals surface area contributed by atoms with E-state index >= 15 is 0 Å². The Labute approximate surface area is 164 Å². The van der Waals surface area contributed by atoms with Gasteiger partial charge in [0.2, 0.25) is 0 Å². The van der Waals surface area contributed by atoms with Crippen LogP contribution in [0.25, 0.3) is 0 Å². The number of hydrogen-bond acceptors (Lipinski definition) is 2. The van der Waals surface area contributed by atoms with E-state index in [4.69, 9.17) is 0 Å². The van der Waals surface area contributed by atoms with Crippen molar-refractivity contribution in [2.24, 2.45) is 5.41 Å². The lowest BCUT2D eigenvalue weighted by atomic mass is 9.61. The molecule has 0 aromatic heterocycles. The molecule has 1 aliphatic carbocycles. The van der Waals surface area contributed by atoms with Crippen LogP contribution in [0.4, 0.5) is 0 Å². The molecule has 0 heterocycles. The molecule has 0 amide bonds. The maximum absolute atomic E-state index is 12.2. The van der Waals surface area contributed by atoms with Gasteiger partial charge in [-0.1, -0.05) is 86.7 Å². The summed E-state index contributed by atoms with van der Waals surface area (Å²) < 4.78 is 0. The van der Waals surface area contributed by atoms with Gasteiger partial charge in [0.15, 0.2) is 0 Å². The highest BCUT2D eigenvalue weighted by molar-refractivity contribution is 5.97. The molecular formula is C24H24O4. The molecule has 1 aliphatic rings. The summed E-state index contributed by atoms with van der Waals surface area (Å²) in [4.78, 5) is 24.4. The van der Waals surface area contributed by atoms with E-state index in [1.54, 1.807) is 19.1 Å². The highest BCUT2D eigenvalue weighted by Crippen LogP contribution is 2.48. The molecule has 0 radical (unpaired) electrons. The Morgan fingerprint density at radius 3 is 1.71 bits per heavy atom. The monoisotopic (exact) mass is 376 g/mol. The van der Waals surface area contributed by atoms with Crippen molar-refractivity contribution in [2.75, 3.05) is 0 Å². The predicted octanol–water partition coefficient (Wildman–Crippen LogP) is 4.62. The van der Waals surface area contributed by atoms with E-state index in [1.165, 1.54) is 0 Å². The van der Waals surface area contributed by atoms with Crippen LogP contribution in [-0.4, -0.2) is 22.2 Å². The molecule has 2 aromatic carbocycles. The summed E-state index contributed by atoms with van der Waals surface area (Å²) in [6.45, 7) is 3.52. The number of benzene rings is 2. The standard InChI is InChI=1S/C24H24O4/c1-3-23(2)19(21(25)26)15-24(16-20(23)22(27)28,18-12-8-5-9-13-18)14-17-10-6-4-7-11-17/h4-13,15-16H,3,14H2,1-2H3,(H,25,26)(H,27,28). The summed E-state index contributed by atoms with van der Waals surface area (Å²) in [6, 6.07) is 19.2. The van der Waals surface area contributed by atoms with Crippen LogP contribution in [0, 0.1) is 5.41 Å². The zero-order chi connectivity index (χ0) is 20.4.